The summed E-state index contributed by atoms with van der Waals surface area (Å²) in [6.45, 7) is 0. The second-order valence-corrected chi connectivity index (χ2v) is 10.2. The minimum absolute atomic E-state index is 0.0432. The van der Waals surface area contributed by atoms with Crippen LogP contribution in [0.25, 0.3) is 10.9 Å². The molecule has 1 aliphatic heterocycles. The van der Waals surface area contributed by atoms with Gasteiger partial charge in [-0.25, -0.2) is 18.4 Å². The predicted octanol–water partition coefficient (Wildman–Crippen LogP) is 2.35. The predicted molar refractivity (Wildman–Crippen MR) is 107 cm³/mol. The summed E-state index contributed by atoms with van der Waals surface area (Å²) in [5.74, 6) is 0.693. The number of carbonyl (C=O) groups is 1. The van der Waals surface area contributed by atoms with Crippen molar-refractivity contribution >= 4 is 32.5 Å². The first-order valence-electron chi connectivity index (χ1n) is 9.83. The van der Waals surface area contributed by atoms with E-state index in [1.54, 1.807) is 18.3 Å². The van der Waals surface area contributed by atoms with E-state index in [9.17, 15) is 18.3 Å². The first-order valence-corrected chi connectivity index (χ1v) is 11.7. The third kappa shape index (κ3) is 4.50. The average Bonchev–Trinajstić information content (AvgIpc) is 3.01. The molecule has 28 heavy (non-hydrogen) atoms. The van der Waals surface area contributed by atoms with Gasteiger partial charge in [-0.3, -0.25) is 4.79 Å². The summed E-state index contributed by atoms with van der Waals surface area (Å²) in [5, 5.41) is 13.8. The van der Waals surface area contributed by atoms with Crippen molar-refractivity contribution in [2.75, 3.05) is 16.8 Å². The molecular weight excluding hydrogens is 378 g/mol. The van der Waals surface area contributed by atoms with Gasteiger partial charge in [0.1, 0.15) is 0 Å². The number of Topliss-reactive ketones (excluding diaryl/α,β-unsaturated/α-hetero) is 1. The summed E-state index contributed by atoms with van der Waals surface area (Å²) in [6.07, 6.45) is 5.66. The van der Waals surface area contributed by atoms with Gasteiger partial charge >= 0.3 is 0 Å². The number of nitrogens with zero attached hydrogens (tertiary/aromatic N) is 2. The van der Waals surface area contributed by atoms with Gasteiger partial charge in [-0.05, 0) is 44.1 Å². The topological polar surface area (TPSA) is 109 Å². The second kappa shape index (κ2) is 7.75. The van der Waals surface area contributed by atoms with Crippen LogP contribution in [0.2, 0.25) is 0 Å². The van der Waals surface area contributed by atoms with Crippen LogP contribution < -0.4 is 5.32 Å². The summed E-state index contributed by atoms with van der Waals surface area (Å²) >= 11 is 0. The number of nitrogens with one attached hydrogen (secondary N) is 1. The molecular formula is C20H25N3O4S. The van der Waals surface area contributed by atoms with Crippen molar-refractivity contribution in [3.8, 4) is 0 Å². The van der Waals surface area contributed by atoms with Gasteiger partial charge in [-0.2, -0.15) is 0 Å². The molecule has 1 unspecified atom stereocenters. The smallest absolute Gasteiger partial charge is 0.223 e. The first-order chi connectivity index (χ1) is 13.4. The fraction of sp³-hybridized carbons (Fsp3) is 0.550. The van der Waals surface area contributed by atoms with Crippen LogP contribution in [-0.4, -0.2) is 52.9 Å². The van der Waals surface area contributed by atoms with Crippen molar-refractivity contribution in [3.63, 3.8) is 0 Å². The molecule has 0 amide bonds. The highest BCUT2D eigenvalue weighted by Gasteiger charge is 2.29. The maximum Gasteiger partial charge on any atom is 0.223 e. The number of aliphatic hydroxyl groups is 1. The van der Waals surface area contributed by atoms with Crippen molar-refractivity contribution in [1.29, 1.82) is 0 Å². The number of sulfone groups is 1. The molecule has 0 bridgehead atoms. The Labute approximate surface area is 164 Å². The number of carbonyl (C=O) groups excluding carboxylic acids is 1. The van der Waals surface area contributed by atoms with E-state index in [0.717, 1.165) is 31.1 Å². The molecule has 2 fully saturated rings. The number of hydrogen-bond donors (Lipinski definition) is 2. The van der Waals surface area contributed by atoms with Crippen molar-refractivity contribution in [1.82, 2.24) is 9.97 Å². The minimum atomic E-state index is -2.98. The molecule has 1 aromatic heterocycles. The molecule has 1 aromatic carbocycles. The van der Waals surface area contributed by atoms with Gasteiger partial charge in [-0.1, -0.05) is 12.1 Å². The highest BCUT2D eigenvalue weighted by atomic mass is 32.2. The Morgan fingerprint density at radius 1 is 1.18 bits per heavy atom. The van der Waals surface area contributed by atoms with E-state index in [0.29, 0.717) is 23.4 Å². The Morgan fingerprint density at radius 3 is 2.68 bits per heavy atom. The van der Waals surface area contributed by atoms with Crippen molar-refractivity contribution < 1.29 is 18.3 Å². The van der Waals surface area contributed by atoms with Gasteiger partial charge in [0.05, 0.1) is 23.1 Å². The van der Waals surface area contributed by atoms with Crippen molar-refractivity contribution in [2.24, 2.45) is 5.92 Å². The maximum atomic E-state index is 12.6. The highest BCUT2D eigenvalue weighted by molar-refractivity contribution is 7.91. The number of rotatable bonds is 5. The third-order valence-electron chi connectivity index (χ3n) is 5.74. The van der Waals surface area contributed by atoms with E-state index < -0.39 is 9.84 Å². The molecule has 0 spiro atoms. The lowest BCUT2D eigenvalue weighted by atomic mass is 9.93. The molecule has 2 aliphatic rings. The Hall–Kier alpha value is -2.06. The lowest BCUT2D eigenvalue weighted by Crippen LogP contribution is -2.28. The zero-order valence-corrected chi connectivity index (χ0v) is 16.5. The van der Waals surface area contributed by atoms with Gasteiger partial charge in [0, 0.05) is 29.6 Å². The van der Waals surface area contributed by atoms with Crippen molar-refractivity contribution in [3.05, 3.63) is 30.0 Å². The number of aliphatic hydroxyl groups excluding tert-OH is 1. The molecule has 4 rings (SSSR count). The van der Waals surface area contributed by atoms with Crippen LogP contribution in [0.1, 0.15) is 48.9 Å². The Bertz CT molecular complexity index is 984. The van der Waals surface area contributed by atoms with Crippen LogP contribution in [0.3, 0.4) is 0 Å². The number of ketones is 1. The quantitative estimate of drug-likeness (QED) is 0.738. The summed E-state index contributed by atoms with van der Waals surface area (Å²) in [4.78, 5) is 21.5. The van der Waals surface area contributed by atoms with E-state index in [2.05, 4.69) is 15.3 Å². The molecule has 2 heterocycles. The molecule has 0 radical (unpaired) electrons. The van der Waals surface area contributed by atoms with E-state index in [1.807, 2.05) is 6.07 Å². The molecule has 1 saturated heterocycles. The van der Waals surface area contributed by atoms with Crippen LogP contribution in [0.15, 0.2) is 24.4 Å². The van der Waals surface area contributed by atoms with Crippen LogP contribution in [0.4, 0.5) is 5.95 Å². The van der Waals surface area contributed by atoms with Gasteiger partial charge < -0.3 is 10.4 Å². The minimum Gasteiger partial charge on any atom is -0.393 e. The fourth-order valence-electron chi connectivity index (χ4n) is 4.08. The highest BCUT2D eigenvalue weighted by Crippen LogP contribution is 2.25. The second-order valence-electron chi connectivity index (χ2n) is 8.01. The van der Waals surface area contributed by atoms with Gasteiger partial charge in [0.25, 0.3) is 0 Å². The molecule has 1 saturated carbocycles. The van der Waals surface area contributed by atoms with E-state index in [-0.39, 0.29) is 41.8 Å². The number of anilines is 1. The largest absolute Gasteiger partial charge is 0.393 e. The molecule has 8 heteroatoms. The Morgan fingerprint density at radius 2 is 1.96 bits per heavy atom. The molecule has 2 N–H and O–H groups in total. The summed E-state index contributed by atoms with van der Waals surface area (Å²) < 4.78 is 23.2. The first kappa shape index (κ1) is 19.3. The number of hydrogen-bond acceptors (Lipinski definition) is 7. The van der Waals surface area contributed by atoms with Crippen LogP contribution in [-0.2, 0) is 9.84 Å². The van der Waals surface area contributed by atoms with Crippen LogP contribution in [0.5, 0.6) is 0 Å². The SMILES string of the molecule is O=C(CC1CCS(=O)(=O)C1)c1ccc2cnc(NC3CCC(O)CC3)nc2c1. The van der Waals surface area contributed by atoms with Crippen molar-refractivity contribution in [2.45, 2.75) is 50.7 Å². The number of fused-ring (bicyclic) bond motifs is 1. The fourth-order valence-corrected chi connectivity index (χ4v) is 5.94. The number of aromatic nitrogens is 2. The Balaban J connectivity index is 1.47. The van der Waals surface area contributed by atoms with E-state index in [1.165, 1.54) is 0 Å². The molecule has 2 aromatic rings. The number of benzene rings is 1. The van der Waals surface area contributed by atoms with E-state index in [4.69, 9.17) is 0 Å². The summed E-state index contributed by atoms with van der Waals surface area (Å²) in [7, 11) is -2.98. The summed E-state index contributed by atoms with van der Waals surface area (Å²) in [5.41, 5.74) is 1.25. The standard InChI is InChI=1S/C20H25N3O4S/c24-17-5-3-16(4-6-17)22-20-21-11-15-2-1-14(10-18(15)23-20)19(25)9-13-7-8-28(26,27)12-13/h1-2,10-11,13,16-17,24H,3-9,12H2,(H,21,22,23). The zero-order chi connectivity index (χ0) is 19.7. The van der Waals surface area contributed by atoms with E-state index >= 15 is 0 Å². The third-order valence-corrected chi connectivity index (χ3v) is 7.57. The lowest BCUT2D eigenvalue weighted by Gasteiger charge is -2.26. The summed E-state index contributed by atoms with van der Waals surface area (Å²) in [6, 6.07) is 5.59. The normalized spacial score (nSPS) is 27.0. The maximum absolute atomic E-state index is 12.6. The zero-order valence-electron chi connectivity index (χ0n) is 15.7. The van der Waals surface area contributed by atoms with Gasteiger partial charge in [0.15, 0.2) is 15.6 Å². The average molecular weight is 404 g/mol. The van der Waals surface area contributed by atoms with Gasteiger partial charge in [0.2, 0.25) is 5.95 Å². The Kier molecular flexibility index (Phi) is 5.33. The molecule has 150 valence electrons. The molecule has 7 nitrogen and oxygen atoms in total. The van der Waals surface area contributed by atoms with Crippen LogP contribution >= 0.6 is 0 Å². The lowest BCUT2D eigenvalue weighted by molar-refractivity contribution is 0.0966. The van der Waals surface area contributed by atoms with Gasteiger partial charge in [-0.15, -0.1) is 0 Å². The monoisotopic (exact) mass is 403 g/mol. The van der Waals surface area contributed by atoms with Crippen LogP contribution in [0, 0.1) is 5.92 Å². The molecule has 1 aliphatic carbocycles. The molecule has 1 atom stereocenters.